The first-order valence-electron chi connectivity index (χ1n) is 10.1. The number of aryl methyl sites for hydroxylation is 1. The summed E-state index contributed by atoms with van der Waals surface area (Å²) < 4.78 is 2.00. The molecule has 11 heteroatoms. The average Bonchev–Trinajstić information content (AvgIpc) is 3.17. The van der Waals surface area contributed by atoms with Gasteiger partial charge in [0.1, 0.15) is 5.82 Å². The van der Waals surface area contributed by atoms with Crippen LogP contribution in [-0.2, 0) is 18.7 Å². The van der Waals surface area contributed by atoms with Crippen LogP contribution in [-0.4, -0.2) is 36.3 Å². The van der Waals surface area contributed by atoms with E-state index in [0.717, 1.165) is 36.7 Å². The third kappa shape index (κ3) is 6.34. The molecule has 1 aromatic heterocycles. The Morgan fingerprint density at radius 2 is 1.59 bits per heavy atom. The second kappa shape index (κ2) is 11.3. The molecule has 0 aliphatic carbocycles. The van der Waals surface area contributed by atoms with E-state index in [2.05, 4.69) is 10.2 Å². The average molecular weight is 458 g/mol. The first-order valence-corrected chi connectivity index (χ1v) is 11.1. The highest BCUT2D eigenvalue weighted by atomic mass is 32.2. The standard InChI is InChI=1S/C21H23N5O5S/c27-10-6-2-5-9-20-22-23-21(24(20)14-16-7-3-1-4-8-16)32-15-17-11-18(25(28)29)13-19(12-17)26(30)31/h1,3-4,7-8,11-13,27H,2,5-6,9-10,14-15H2. The van der Waals surface area contributed by atoms with Crippen LogP contribution in [0.3, 0.4) is 0 Å². The number of nitro benzene ring substituents is 2. The molecule has 0 atom stereocenters. The molecule has 1 N–H and O–H groups in total. The van der Waals surface area contributed by atoms with Crippen molar-refractivity contribution in [3.05, 3.63) is 85.7 Å². The second-order valence-corrected chi connectivity index (χ2v) is 8.11. The third-order valence-electron chi connectivity index (χ3n) is 4.79. The van der Waals surface area contributed by atoms with Crippen LogP contribution < -0.4 is 0 Å². The van der Waals surface area contributed by atoms with E-state index in [4.69, 9.17) is 5.11 Å². The van der Waals surface area contributed by atoms with Gasteiger partial charge in [0.2, 0.25) is 0 Å². The maximum atomic E-state index is 11.1. The number of aliphatic hydroxyl groups is 1. The number of benzene rings is 2. The lowest BCUT2D eigenvalue weighted by atomic mass is 10.2. The first kappa shape index (κ1) is 23.4. The third-order valence-corrected chi connectivity index (χ3v) is 5.83. The van der Waals surface area contributed by atoms with Crippen molar-refractivity contribution in [1.29, 1.82) is 0 Å². The number of hydrogen-bond acceptors (Lipinski definition) is 8. The number of aliphatic hydroxyl groups excluding tert-OH is 1. The van der Waals surface area contributed by atoms with Crippen LogP contribution in [0.2, 0.25) is 0 Å². The minimum absolute atomic E-state index is 0.160. The summed E-state index contributed by atoms with van der Waals surface area (Å²) in [6.07, 6.45) is 3.20. The van der Waals surface area contributed by atoms with Crippen LogP contribution in [0.4, 0.5) is 11.4 Å². The molecular weight excluding hydrogens is 434 g/mol. The monoisotopic (exact) mass is 457 g/mol. The van der Waals surface area contributed by atoms with Gasteiger partial charge in [-0.05, 0) is 24.0 Å². The van der Waals surface area contributed by atoms with E-state index in [0.29, 0.717) is 23.7 Å². The van der Waals surface area contributed by atoms with E-state index in [1.165, 1.54) is 23.9 Å². The van der Waals surface area contributed by atoms with E-state index in [1.54, 1.807) is 0 Å². The minimum Gasteiger partial charge on any atom is -0.396 e. The Bertz CT molecular complexity index is 1040. The van der Waals surface area contributed by atoms with E-state index >= 15 is 0 Å². The number of nitro groups is 2. The molecule has 168 valence electrons. The molecule has 0 spiro atoms. The molecule has 0 unspecified atom stereocenters. The quantitative estimate of drug-likeness (QED) is 0.185. The van der Waals surface area contributed by atoms with Gasteiger partial charge in [0.25, 0.3) is 11.4 Å². The van der Waals surface area contributed by atoms with Gasteiger partial charge in [0.05, 0.1) is 22.5 Å². The molecule has 3 aromatic rings. The van der Waals surface area contributed by atoms with Crippen LogP contribution >= 0.6 is 11.8 Å². The summed E-state index contributed by atoms with van der Waals surface area (Å²) in [5.74, 6) is 1.10. The van der Waals surface area contributed by atoms with Crippen LogP contribution in [0.5, 0.6) is 0 Å². The molecule has 2 aromatic carbocycles. The maximum absolute atomic E-state index is 11.1. The zero-order valence-corrected chi connectivity index (χ0v) is 18.1. The molecule has 0 radical (unpaired) electrons. The Morgan fingerprint density at radius 3 is 2.22 bits per heavy atom. The van der Waals surface area contributed by atoms with Crippen LogP contribution in [0.25, 0.3) is 0 Å². The Morgan fingerprint density at radius 1 is 0.906 bits per heavy atom. The zero-order valence-electron chi connectivity index (χ0n) is 17.3. The number of aromatic nitrogens is 3. The Hall–Kier alpha value is -3.31. The highest BCUT2D eigenvalue weighted by molar-refractivity contribution is 7.98. The van der Waals surface area contributed by atoms with Gasteiger partial charge < -0.3 is 9.67 Å². The fourth-order valence-corrected chi connectivity index (χ4v) is 4.09. The van der Waals surface area contributed by atoms with Crippen molar-refractivity contribution >= 4 is 23.1 Å². The molecule has 0 saturated carbocycles. The predicted octanol–water partition coefficient (Wildman–Crippen LogP) is 4.14. The van der Waals surface area contributed by atoms with Crippen molar-refractivity contribution in [3.8, 4) is 0 Å². The number of non-ortho nitro benzene ring substituents is 2. The minimum atomic E-state index is -0.635. The highest BCUT2D eigenvalue weighted by Crippen LogP contribution is 2.28. The van der Waals surface area contributed by atoms with Gasteiger partial charge in [-0.3, -0.25) is 20.2 Å². The largest absolute Gasteiger partial charge is 0.396 e. The summed E-state index contributed by atoms with van der Waals surface area (Å²) in [6.45, 7) is 0.730. The second-order valence-electron chi connectivity index (χ2n) is 7.17. The topological polar surface area (TPSA) is 137 Å². The summed E-state index contributed by atoms with van der Waals surface area (Å²) in [4.78, 5) is 21.0. The number of rotatable bonds is 12. The number of thioether (sulfide) groups is 1. The lowest BCUT2D eigenvalue weighted by Crippen LogP contribution is -2.07. The van der Waals surface area contributed by atoms with Crippen molar-refractivity contribution in [2.75, 3.05) is 6.61 Å². The number of nitrogens with zero attached hydrogens (tertiary/aromatic N) is 5. The van der Waals surface area contributed by atoms with E-state index in [-0.39, 0.29) is 23.7 Å². The lowest BCUT2D eigenvalue weighted by Gasteiger charge is -2.10. The van der Waals surface area contributed by atoms with E-state index in [9.17, 15) is 20.2 Å². The van der Waals surface area contributed by atoms with Gasteiger partial charge in [-0.25, -0.2) is 0 Å². The Labute approximate surface area is 188 Å². The molecule has 0 aliphatic rings. The Balaban J connectivity index is 1.81. The Kier molecular flexibility index (Phi) is 8.28. The fourth-order valence-electron chi connectivity index (χ4n) is 3.21. The molecule has 0 aliphatic heterocycles. The summed E-state index contributed by atoms with van der Waals surface area (Å²) in [7, 11) is 0. The van der Waals surface area contributed by atoms with Gasteiger partial charge >= 0.3 is 0 Å². The van der Waals surface area contributed by atoms with Crippen molar-refractivity contribution in [1.82, 2.24) is 14.8 Å². The van der Waals surface area contributed by atoms with Gasteiger partial charge in [0.15, 0.2) is 5.16 Å². The molecule has 0 amide bonds. The number of unbranched alkanes of at least 4 members (excludes halogenated alkanes) is 2. The summed E-state index contributed by atoms with van der Waals surface area (Å²) in [5.41, 5.74) is 0.918. The molecule has 1 heterocycles. The van der Waals surface area contributed by atoms with Gasteiger partial charge in [-0.2, -0.15) is 0 Å². The lowest BCUT2D eigenvalue weighted by molar-refractivity contribution is -0.394. The van der Waals surface area contributed by atoms with Gasteiger partial charge in [0, 0.05) is 30.9 Å². The highest BCUT2D eigenvalue weighted by Gasteiger charge is 2.18. The zero-order chi connectivity index (χ0) is 22.9. The molecule has 32 heavy (non-hydrogen) atoms. The van der Waals surface area contributed by atoms with Crippen LogP contribution in [0, 0.1) is 20.2 Å². The van der Waals surface area contributed by atoms with Crippen molar-refractivity contribution in [2.45, 2.75) is 43.1 Å². The molecule has 10 nitrogen and oxygen atoms in total. The smallest absolute Gasteiger partial charge is 0.276 e. The fraction of sp³-hybridized carbons (Fsp3) is 0.333. The SMILES string of the molecule is O=[N+]([O-])c1cc(CSc2nnc(CCCCCO)n2Cc2ccccc2)cc([N+](=O)[O-])c1. The van der Waals surface area contributed by atoms with Crippen molar-refractivity contribution in [3.63, 3.8) is 0 Å². The molecule has 0 bridgehead atoms. The maximum Gasteiger partial charge on any atom is 0.276 e. The van der Waals surface area contributed by atoms with Gasteiger partial charge in [-0.1, -0.05) is 48.5 Å². The predicted molar refractivity (Wildman–Crippen MR) is 120 cm³/mol. The van der Waals surface area contributed by atoms with Crippen LogP contribution in [0.1, 0.15) is 36.2 Å². The normalized spacial score (nSPS) is 10.9. The van der Waals surface area contributed by atoms with Crippen molar-refractivity contribution < 1.29 is 15.0 Å². The first-order chi connectivity index (χ1) is 15.5. The van der Waals surface area contributed by atoms with Gasteiger partial charge in [-0.15, -0.1) is 10.2 Å². The van der Waals surface area contributed by atoms with E-state index < -0.39 is 9.85 Å². The molecule has 0 fully saturated rings. The number of hydrogen-bond donors (Lipinski definition) is 1. The van der Waals surface area contributed by atoms with Crippen molar-refractivity contribution in [2.24, 2.45) is 0 Å². The summed E-state index contributed by atoms with van der Waals surface area (Å²) >= 11 is 1.33. The summed E-state index contributed by atoms with van der Waals surface area (Å²) in [5, 5.41) is 40.5. The molecular formula is C21H23N5O5S. The van der Waals surface area contributed by atoms with Crippen LogP contribution in [0.15, 0.2) is 53.7 Å². The summed E-state index contributed by atoms with van der Waals surface area (Å²) in [6, 6.07) is 13.5. The molecule has 0 saturated heterocycles. The van der Waals surface area contributed by atoms with E-state index in [1.807, 2.05) is 34.9 Å². The molecule has 3 rings (SSSR count).